The van der Waals surface area contributed by atoms with E-state index in [1.807, 2.05) is 0 Å². The molecule has 1 aromatic rings. The molecule has 0 saturated heterocycles. The summed E-state index contributed by atoms with van der Waals surface area (Å²) in [6.45, 7) is 0. The summed E-state index contributed by atoms with van der Waals surface area (Å²) in [5.41, 5.74) is 0.448. The molecule has 0 aliphatic rings. The average Bonchev–Trinajstić information content (AvgIpc) is 2.27. The Labute approximate surface area is 87.8 Å². The molecule has 0 unspecified atom stereocenters. The molecule has 0 heterocycles. The summed E-state index contributed by atoms with van der Waals surface area (Å²) in [6.07, 6.45) is -1.05. The largest absolute Gasteiger partial charge is 0.497 e. The number of hydrogen-bond donors (Lipinski definition) is 1. The van der Waals surface area contributed by atoms with Gasteiger partial charge in [-0.15, -0.1) is 0 Å². The van der Waals surface area contributed by atoms with Crippen molar-refractivity contribution in [3.8, 4) is 11.5 Å². The highest BCUT2D eigenvalue weighted by atomic mass is 16.5. The van der Waals surface area contributed by atoms with Crippen LogP contribution in [-0.2, 0) is 0 Å². The van der Waals surface area contributed by atoms with Crippen LogP contribution in [0.15, 0.2) is 18.2 Å². The minimum atomic E-state index is -1.05. The van der Waals surface area contributed by atoms with E-state index in [-0.39, 0.29) is 0 Å². The monoisotopic (exact) mass is 211 g/mol. The number of hydrogen-bond acceptors (Lipinski definition) is 3. The fraction of sp³-hybridized carbons (Fsp3) is 0.300. The zero-order chi connectivity index (χ0) is 11.4. The average molecular weight is 211 g/mol. The third kappa shape index (κ3) is 2.31. The highest BCUT2D eigenvalue weighted by Crippen LogP contribution is 2.31. The quantitative estimate of drug-likeness (QED) is 0.828. The zero-order valence-corrected chi connectivity index (χ0v) is 8.85. The van der Waals surface area contributed by atoms with E-state index in [0.717, 1.165) is 4.90 Å². The van der Waals surface area contributed by atoms with Crippen molar-refractivity contribution in [3.63, 3.8) is 0 Å². The summed E-state index contributed by atoms with van der Waals surface area (Å²) in [7, 11) is 4.45. The third-order valence-corrected chi connectivity index (χ3v) is 2.03. The van der Waals surface area contributed by atoms with E-state index >= 15 is 0 Å². The van der Waals surface area contributed by atoms with Crippen molar-refractivity contribution in [2.75, 3.05) is 26.2 Å². The lowest BCUT2D eigenvalue weighted by atomic mass is 10.2. The summed E-state index contributed by atoms with van der Waals surface area (Å²) in [6, 6.07) is 4.97. The molecule has 0 aliphatic carbocycles. The molecule has 5 nitrogen and oxygen atoms in total. The van der Waals surface area contributed by atoms with Gasteiger partial charge in [-0.25, -0.2) is 4.79 Å². The molecule has 1 amide bonds. The van der Waals surface area contributed by atoms with Gasteiger partial charge in [-0.2, -0.15) is 0 Å². The van der Waals surface area contributed by atoms with Crippen LogP contribution in [0.3, 0.4) is 0 Å². The molecule has 1 N–H and O–H groups in total. The Bertz CT molecular complexity index is 364. The predicted molar refractivity (Wildman–Crippen MR) is 56.0 cm³/mol. The molecule has 0 spiro atoms. The van der Waals surface area contributed by atoms with Crippen LogP contribution in [0.2, 0.25) is 0 Å². The summed E-state index contributed by atoms with van der Waals surface area (Å²) in [5.74, 6) is 1.07. The maximum atomic E-state index is 10.8. The molecule has 0 bridgehead atoms. The van der Waals surface area contributed by atoms with Gasteiger partial charge in [-0.1, -0.05) is 0 Å². The van der Waals surface area contributed by atoms with E-state index in [2.05, 4.69) is 0 Å². The first-order chi connectivity index (χ1) is 7.10. The lowest BCUT2D eigenvalue weighted by molar-refractivity contribution is 0.203. The second kappa shape index (κ2) is 4.54. The Hall–Kier alpha value is -1.91. The topological polar surface area (TPSA) is 59.0 Å². The molecule has 1 aromatic carbocycles. The number of methoxy groups -OCH3 is 2. The van der Waals surface area contributed by atoms with E-state index in [9.17, 15) is 4.79 Å². The van der Waals surface area contributed by atoms with E-state index in [1.165, 1.54) is 21.3 Å². The number of benzene rings is 1. The number of carboxylic acid groups (broad SMARTS) is 1. The van der Waals surface area contributed by atoms with Gasteiger partial charge < -0.3 is 14.6 Å². The van der Waals surface area contributed by atoms with Gasteiger partial charge in [0.15, 0.2) is 0 Å². The summed E-state index contributed by atoms with van der Waals surface area (Å²) >= 11 is 0. The lowest BCUT2D eigenvalue weighted by Crippen LogP contribution is -2.24. The first-order valence-electron chi connectivity index (χ1n) is 4.28. The molecule has 0 atom stereocenters. The number of ether oxygens (including phenoxy) is 2. The number of anilines is 1. The van der Waals surface area contributed by atoms with E-state index in [0.29, 0.717) is 17.2 Å². The standard InChI is InChI=1S/C10H13NO4/c1-11(10(12)13)8-6-7(14-2)4-5-9(8)15-3/h4-6H,1-3H3,(H,12,13). The second-order valence-corrected chi connectivity index (χ2v) is 2.88. The van der Waals surface area contributed by atoms with Crippen LogP contribution in [0.25, 0.3) is 0 Å². The van der Waals surface area contributed by atoms with Crippen molar-refractivity contribution in [2.24, 2.45) is 0 Å². The Morgan fingerprint density at radius 1 is 1.33 bits per heavy atom. The normalized spacial score (nSPS) is 9.53. The highest BCUT2D eigenvalue weighted by molar-refractivity contribution is 5.87. The van der Waals surface area contributed by atoms with Gasteiger partial charge in [0.25, 0.3) is 0 Å². The Morgan fingerprint density at radius 3 is 2.47 bits per heavy atom. The molecule has 0 aromatic heterocycles. The van der Waals surface area contributed by atoms with Crippen LogP contribution in [-0.4, -0.2) is 32.5 Å². The van der Waals surface area contributed by atoms with Crippen molar-refractivity contribution < 1.29 is 19.4 Å². The minimum absolute atomic E-state index is 0.448. The second-order valence-electron chi connectivity index (χ2n) is 2.88. The fourth-order valence-electron chi connectivity index (χ4n) is 1.16. The summed E-state index contributed by atoms with van der Waals surface area (Å²) in [4.78, 5) is 11.9. The Balaban J connectivity index is 3.16. The lowest BCUT2D eigenvalue weighted by Gasteiger charge is -2.17. The number of amides is 1. The van der Waals surface area contributed by atoms with Crippen LogP contribution in [0.1, 0.15) is 0 Å². The predicted octanol–water partition coefficient (Wildman–Crippen LogP) is 1.82. The first-order valence-corrected chi connectivity index (χ1v) is 4.28. The van der Waals surface area contributed by atoms with Gasteiger partial charge in [0, 0.05) is 13.1 Å². The van der Waals surface area contributed by atoms with Gasteiger partial charge in [0.1, 0.15) is 11.5 Å². The summed E-state index contributed by atoms with van der Waals surface area (Å²) < 4.78 is 10.1. The third-order valence-electron chi connectivity index (χ3n) is 2.03. The van der Waals surface area contributed by atoms with Gasteiger partial charge in [-0.3, -0.25) is 4.90 Å². The van der Waals surface area contributed by atoms with Crippen LogP contribution in [0.5, 0.6) is 11.5 Å². The smallest absolute Gasteiger partial charge is 0.411 e. The van der Waals surface area contributed by atoms with Crippen LogP contribution in [0.4, 0.5) is 10.5 Å². The van der Waals surface area contributed by atoms with E-state index in [4.69, 9.17) is 14.6 Å². The number of rotatable bonds is 3. The van der Waals surface area contributed by atoms with E-state index in [1.54, 1.807) is 18.2 Å². The van der Waals surface area contributed by atoms with Crippen LogP contribution < -0.4 is 14.4 Å². The number of nitrogens with zero attached hydrogens (tertiary/aromatic N) is 1. The minimum Gasteiger partial charge on any atom is -0.497 e. The molecule has 15 heavy (non-hydrogen) atoms. The van der Waals surface area contributed by atoms with Crippen molar-refractivity contribution in [2.45, 2.75) is 0 Å². The van der Waals surface area contributed by atoms with Gasteiger partial charge in [-0.05, 0) is 12.1 Å². The molecule has 1 rings (SSSR count). The van der Waals surface area contributed by atoms with Crippen molar-refractivity contribution in [1.82, 2.24) is 0 Å². The molecule has 0 aliphatic heterocycles. The Kier molecular flexibility index (Phi) is 3.38. The zero-order valence-electron chi connectivity index (χ0n) is 8.85. The van der Waals surface area contributed by atoms with E-state index < -0.39 is 6.09 Å². The maximum absolute atomic E-state index is 10.8. The highest BCUT2D eigenvalue weighted by Gasteiger charge is 2.14. The molecule has 0 saturated carbocycles. The van der Waals surface area contributed by atoms with Gasteiger partial charge >= 0.3 is 6.09 Å². The maximum Gasteiger partial charge on any atom is 0.411 e. The molecule has 0 radical (unpaired) electrons. The first kappa shape index (κ1) is 11.2. The molecular formula is C10H13NO4. The van der Waals surface area contributed by atoms with Gasteiger partial charge in [0.2, 0.25) is 0 Å². The van der Waals surface area contributed by atoms with Crippen molar-refractivity contribution in [3.05, 3.63) is 18.2 Å². The molecule has 0 fully saturated rings. The Morgan fingerprint density at radius 2 is 2.00 bits per heavy atom. The van der Waals surface area contributed by atoms with Crippen LogP contribution >= 0.6 is 0 Å². The molecular weight excluding hydrogens is 198 g/mol. The molecule has 5 heteroatoms. The molecule has 82 valence electrons. The van der Waals surface area contributed by atoms with Crippen LogP contribution in [0, 0.1) is 0 Å². The summed E-state index contributed by atoms with van der Waals surface area (Å²) in [5, 5.41) is 8.85. The fourth-order valence-corrected chi connectivity index (χ4v) is 1.16. The van der Waals surface area contributed by atoms with Crippen molar-refractivity contribution in [1.29, 1.82) is 0 Å². The van der Waals surface area contributed by atoms with Gasteiger partial charge in [0.05, 0.1) is 19.9 Å². The van der Waals surface area contributed by atoms with Crippen molar-refractivity contribution >= 4 is 11.8 Å². The SMILES string of the molecule is COc1ccc(OC)c(N(C)C(=O)O)c1. The number of carbonyl (C=O) groups is 1.